The Labute approximate surface area is 171 Å². The lowest BCUT2D eigenvalue weighted by Gasteiger charge is -2.23. The molecule has 5 nitrogen and oxygen atoms in total. The fourth-order valence-corrected chi connectivity index (χ4v) is 3.31. The minimum Gasteiger partial charge on any atom is -0.385 e. The van der Waals surface area contributed by atoms with E-state index in [0.717, 1.165) is 43.1 Å². The Morgan fingerprint density at radius 2 is 2.21 bits per heavy atom. The summed E-state index contributed by atoms with van der Waals surface area (Å²) in [6, 6.07) is 2.15. The van der Waals surface area contributed by atoms with Crippen LogP contribution in [0.25, 0.3) is 0 Å². The van der Waals surface area contributed by atoms with E-state index in [1.165, 1.54) is 18.5 Å². The molecule has 1 aliphatic carbocycles. The lowest BCUT2D eigenvalue weighted by molar-refractivity contribution is 0.174. The van der Waals surface area contributed by atoms with Gasteiger partial charge in [-0.25, -0.2) is 0 Å². The number of hydrogen-bond acceptors (Lipinski definition) is 2. The number of rotatable bonds is 8. The van der Waals surface area contributed by atoms with Crippen molar-refractivity contribution >= 4 is 45.9 Å². The second-order valence-electron chi connectivity index (χ2n) is 6.53. The summed E-state index contributed by atoms with van der Waals surface area (Å²) in [7, 11) is 5.94. The largest absolute Gasteiger partial charge is 0.385 e. The van der Waals surface area contributed by atoms with Crippen LogP contribution in [0.5, 0.6) is 0 Å². The highest BCUT2D eigenvalue weighted by atomic mass is 127. The molecule has 1 aromatic heterocycles. The standard InChI is InChI=1S/C17H29BrN4O.HI/c1-5-19-16(20-13-17(6-7-17)8-9-23-4)22(3)12-15-10-14(18)11-21(15)2;/h10-11H,5-9,12-13H2,1-4H3,(H,19,20);1H. The van der Waals surface area contributed by atoms with Gasteiger partial charge in [-0.05, 0) is 53.6 Å². The van der Waals surface area contributed by atoms with Gasteiger partial charge >= 0.3 is 0 Å². The van der Waals surface area contributed by atoms with Crippen molar-refractivity contribution < 1.29 is 4.74 Å². The molecule has 7 heteroatoms. The number of aryl methyl sites for hydroxylation is 1. The van der Waals surface area contributed by atoms with Crippen LogP contribution in [0.15, 0.2) is 21.7 Å². The number of methoxy groups -OCH3 is 1. The van der Waals surface area contributed by atoms with Crippen molar-refractivity contribution in [2.24, 2.45) is 17.5 Å². The molecule has 0 atom stereocenters. The van der Waals surface area contributed by atoms with Gasteiger partial charge in [0.1, 0.15) is 0 Å². The Hall–Kier alpha value is -0.280. The molecule has 24 heavy (non-hydrogen) atoms. The molecule has 0 aromatic carbocycles. The van der Waals surface area contributed by atoms with E-state index >= 15 is 0 Å². The average molecular weight is 513 g/mol. The Morgan fingerprint density at radius 1 is 1.50 bits per heavy atom. The van der Waals surface area contributed by atoms with Gasteiger partial charge in [-0.3, -0.25) is 4.99 Å². The van der Waals surface area contributed by atoms with E-state index < -0.39 is 0 Å². The van der Waals surface area contributed by atoms with E-state index in [0.29, 0.717) is 5.41 Å². The van der Waals surface area contributed by atoms with E-state index in [9.17, 15) is 0 Å². The summed E-state index contributed by atoms with van der Waals surface area (Å²) in [6.45, 7) is 5.55. The Morgan fingerprint density at radius 3 is 2.71 bits per heavy atom. The Bertz CT molecular complexity index is 543. The Kier molecular flexibility index (Phi) is 9.08. The average Bonchev–Trinajstić information content (AvgIpc) is 3.21. The summed E-state index contributed by atoms with van der Waals surface area (Å²) in [4.78, 5) is 7.08. The second kappa shape index (κ2) is 10.0. The van der Waals surface area contributed by atoms with Gasteiger partial charge in [0.25, 0.3) is 0 Å². The maximum Gasteiger partial charge on any atom is 0.194 e. The van der Waals surface area contributed by atoms with Crippen LogP contribution in [0.1, 0.15) is 31.9 Å². The molecule has 2 rings (SSSR count). The van der Waals surface area contributed by atoms with Crippen LogP contribution in [-0.4, -0.2) is 49.3 Å². The van der Waals surface area contributed by atoms with Crippen LogP contribution >= 0.6 is 39.9 Å². The van der Waals surface area contributed by atoms with Crippen molar-refractivity contribution in [2.45, 2.75) is 32.7 Å². The number of hydrogen-bond donors (Lipinski definition) is 1. The Balaban J connectivity index is 0.00000288. The van der Waals surface area contributed by atoms with E-state index in [-0.39, 0.29) is 24.0 Å². The molecule has 1 aliphatic rings. The van der Waals surface area contributed by atoms with Crippen molar-refractivity contribution in [3.05, 3.63) is 22.4 Å². The molecule has 1 fully saturated rings. The quantitative estimate of drug-likeness (QED) is 0.328. The number of halogens is 2. The van der Waals surface area contributed by atoms with Crippen LogP contribution in [0.4, 0.5) is 0 Å². The first kappa shape index (κ1) is 21.8. The first-order valence-corrected chi connectivity index (χ1v) is 9.08. The second-order valence-corrected chi connectivity index (χ2v) is 7.45. The van der Waals surface area contributed by atoms with E-state index in [1.807, 2.05) is 0 Å². The number of ether oxygens (including phenoxy) is 1. The third kappa shape index (κ3) is 6.22. The minimum atomic E-state index is 0. The lowest BCUT2D eigenvalue weighted by atomic mass is 10.0. The van der Waals surface area contributed by atoms with Gasteiger partial charge in [0, 0.05) is 57.3 Å². The molecule has 1 heterocycles. The molecule has 0 amide bonds. The van der Waals surface area contributed by atoms with E-state index in [4.69, 9.17) is 9.73 Å². The van der Waals surface area contributed by atoms with Crippen LogP contribution < -0.4 is 5.32 Å². The third-order valence-corrected chi connectivity index (χ3v) is 4.96. The first-order chi connectivity index (χ1) is 11.0. The van der Waals surface area contributed by atoms with Gasteiger partial charge < -0.3 is 19.5 Å². The number of nitrogens with one attached hydrogen (secondary N) is 1. The molecule has 0 unspecified atom stereocenters. The molecule has 0 saturated heterocycles. The van der Waals surface area contributed by atoms with Gasteiger partial charge in [0.2, 0.25) is 0 Å². The molecule has 0 spiro atoms. The predicted octanol–water partition coefficient (Wildman–Crippen LogP) is 3.62. The summed E-state index contributed by atoms with van der Waals surface area (Å²) in [5, 5.41) is 3.41. The highest BCUT2D eigenvalue weighted by Crippen LogP contribution is 2.49. The van der Waals surface area contributed by atoms with Gasteiger partial charge in [0.05, 0.1) is 6.54 Å². The smallest absolute Gasteiger partial charge is 0.194 e. The number of guanidine groups is 1. The molecule has 0 aliphatic heterocycles. The maximum absolute atomic E-state index is 5.23. The molecule has 1 N–H and O–H groups in total. The molecular formula is C17H30BrIN4O. The van der Waals surface area contributed by atoms with Crippen LogP contribution in [0.2, 0.25) is 0 Å². The zero-order chi connectivity index (χ0) is 16.9. The fourth-order valence-electron chi connectivity index (χ4n) is 2.74. The summed E-state index contributed by atoms with van der Waals surface area (Å²) >= 11 is 3.53. The normalized spacial score (nSPS) is 15.8. The van der Waals surface area contributed by atoms with Crippen LogP contribution in [0, 0.1) is 5.41 Å². The topological polar surface area (TPSA) is 41.8 Å². The number of aromatic nitrogens is 1. The summed E-state index contributed by atoms with van der Waals surface area (Å²) < 4.78 is 8.49. The van der Waals surface area contributed by atoms with Gasteiger partial charge in [0.15, 0.2) is 5.96 Å². The monoisotopic (exact) mass is 512 g/mol. The predicted molar refractivity (Wildman–Crippen MR) is 114 cm³/mol. The highest BCUT2D eigenvalue weighted by Gasteiger charge is 2.41. The van der Waals surface area contributed by atoms with Crippen molar-refractivity contribution in [2.75, 3.05) is 33.9 Å². The SMILES string of the molecule is CCNC(=NCC1(CCOC)CC1)N(C)Cc1cc(Br)cn1C.I. The van der Waals surface area contributed by atoms with Crippen molar-refractivity contribution in [3.63, 3.8) is 0 Å². The fraction of sp³-hybridized carbons (Fsp3) is 0.706. The molecule has 0 radical (unpaired) electrons. The highest BCUT2D eigenvalue weighted by molar-refractivity contribution is 14.0. The molecule has 1 aromatic rings. The van der Waals surface area contributed by atoms with Crippen molar-refractivity contribution in [1.29, 1.82) is 0 Å². The summed E-state index contributed by atoms with van der Waals surface area (Å²) in [5.74, 6) is 0.980. The van der Waals surface area contributed by atoms with Crippen LogP contribution in [-0.2, 0) is 18.3 Å². The zero-order valence-corrected chi connectivity index (χ0v) is 19.1. The van der Waals surface area contributed by atoms with E-state index in [1.54, 1.807) is 7.11 Å². The molecule has 0 bridgehead atoms. The van der Waals surface area contributed by atoms with E-state index in [2.05, 4.69) is 64.0 Å². The summed E-state index contributed by atoms with van der Waals surface area (Å²) in [6.07, 6.45) is 5.74. The maximum atomic E-state index is 5.23. The third-order valence-electron chi connectivity index (χ3n) is 4.53. The zero-order valence-electron chi connectivity index (χ0n) is 15.1. The summed E-state index contributed by atoms with van der Waals surface area (Å²) in [5.41, 5.74) is 1.64. The van der Waals surface area contributed by atoms with Crippen molar-refractivity contribution in [3.8, 4) is 0 Å². The van der Waals surface area contributed by atoms with Gasteiger partial charge in [-0.1, -0.05) is 0 Å². The first-order valence-electron chi connectivity index (χ1n) is 8.29. The minimum absolute atomic E-state index is 0. The molecular weight excluding hydrogens is 483 g/mol. The molecule has 138 valence electrons. The van der Waals surface area contributed by atoms with Crippen LogP contribution in [0.3, 0.4) is 0 Å². The van der Waals surface area contributed by atoms with Gasteiger partial charge in [-0.2, -0.15) is 0 Å². The lowest BCUT2D eigenvalue weighted by Crippen LogP contribution is -2.39. The number of nitrogens with zero attached hydrogens (tertiary/aromatic N) is 3. The van der Waals surface area contributed by atoms with Gasteiger partial charge in [-0.15, -0.1) is 24.0 Å². The van der Waals surface area contributed by atoms with Crippen molar-refractivity contribution in [1.82, 2.24) is 14.8 Å². The number of aliphatic imine (C=N–C) groups is 1. The molecule has 1 saturated carbocycles.